The second kappa shape index (κ2) is 4.88. The van der Waals surface area contributed by atoms with E-state index in [0.29, 0.717) is 0 Å². The van der Waals surface area contributed by atoms with E-state index in [0.717, 1.165) is 7.11 Å². The lowest BCUT2D eigenvalue weighted by atomic mass is 10.1. The second-order valence-corrected chi connectivity index (χ2v) is 5.57. The Bertz CT molecular complexity index is 291. The molecule has 84 valence electrons. The van der Waals surface area contributed by atoms with E-state index in [-0.39, 0.29) is 6.61 Å². The van der Waals surface area contributed by atoms with Crippen LogP contribution in [0.1, 0.15) is 13.8 Å². The van der Waals surface area contributed by atoms with E-state index in [1.54, 1.807) is 0 Å². The zero-order valence-corrected chi connectivity index (χ0v) is 9.28. The van der Waals surface area contributed by atoms with Crippen molar-refractivity contribution in [1.29, 1.82) is 0 Å². The largest absolute Gasteiger partial charge is 0.392 e. The van der Waals surface area contributed by atoms with Gasteiger partial charge in [0.2, 0.25) is 0 Å². The molecule has 14 heavy (non-hydrogen) atoms. The van der Waals surface area contributed by atoms with E-state index in [4.69, 9.17) is 5.11 Å². The van der Waals surface area contributed by atoms with Crippen LogP contribution in [0.15, 0.2) is 12.2 Å². The standard InChI is InChI=1S/C8H16O5S/c1-8(2,14(11,12)13-3)7(10)5-4-6-9/h4-5,7,9-10H,6H2,1-3H3. The van der Waals surface area contributed by atoms with Gasteiger partial charge in [0.05, 0.1) is 19.8 Å². The first-order valence-electron chi connectivity index (χ1n) is 4.05. The van der Waals surface area contributed by atoms with Crippen molar-refractivity contribution in [3.05, 3.63) is 12.2 Å². The molecule has 0 spiro atoms. The molecule has 0 radical (unpaired) electrons. The SMILES string of the molecule is COS(=O)(=O)C(C)(C)C(O)C=CCO. The third kappa shape index (κ3) is 2.78. The van der Waals surface area contributed by atoms with E-state index in [2.05, 4.69) is 4.18 Å². The van der Waals surface area contributed by atoms with Gasteiger partial charge in [-0.3, -0.25) is 4.18 Å². The summed E-state index contributed by atoms with van der Waals surface area (Å²) >= 11 is 0. The average molecular weight is 224 g/mol. The van der Waals surface area contributed by atoms with E-state index in [9.17, 15) is 13.5 Å². The van der Waals surface area contributed by atoms with Gasteiger partial charge in [0, 0.05) is 0 Å². The number of aliphatic hydroxyl groups is 2. The summed E-state index contributed by atoms with van der Waals surface area (Å²) < 4.78 is 25.6. The molecular formula is C8H16O5S. The van der Waals surface area contributed by atoms with Crippen LogP contribution in [0.2, 0.25) is 0 Å². The van der Waals surface area contributed by atoms with Gasteiger partial charge < -0.3 is 10.2 Å². The van der Waals surface area contributed by atoms with Gasteiger partial charge in [0.15, 0.2) is 0 Å². The van der Waals surface area contributed by atoms with Crippen LogP contribution in [0.25, 0.3) is 0 Å². The molecule has 0 aromatic rings. The van der Waals surface area contributed by atoms with Crippen LogP contribution in [-0.2, 0) is 14.3 Å². The molecule has 1 atom stereocenters. The van der Waals surface area contributed by atoms with Crippen molar-refractivity contribution in [3.8, 4) is 0 Å². The molecule has 0 amide bonds. The average Bonchev–Trinajstić information content (AvgIpc) is 2.13. The summed E-state index contributed by atoms with van der Waals surface area (Å²) in [4.78, 5) is 0. The molecule has 0 fully saturated rings. The summed E-state index contributed by atoms with van der Waals surface area (Å²) in [6.45, 7) is 2.44. The fourth-order valence-corrected chi connectivity index (χ4v) is 1.59. The first-order valence-corrected chi connectivity index (χ1v) is 5.46. The maximum atomic E-state index is 11.3. The Balaban J connectivity index is 4.87. The van der Waals surface area contributed by atoms with Gasteiger partial charge in [-0.2, -0.15) is 8.42 Å². The lowest BCUT2D eigenvalue weighted by Crippen LogP contribution is -2.43. The van der Waals surface area contributed by atoms with Crippen molar-refractivity contribution < 1.29 is 22.8 Å². The Morgan fingerprint density at radius 1 is 1.50 bits per heavy atom. The lowest BCUT2D eigenvalue weighted by molar-refractivity contribution is 0.174. The van der Waals surface area contributed by atoms with Crippen molar-refractivity contribution in [3.63, 3.8) is 0 Å². The molecule has 0 saturated carbocycles. The molecule has 0 rings (SSSR count). The predicted molar refractivity (Wildman–Crippen MR) is 52.2 cm³/mol. The summed E-state index contributed by atoms with van der Waals surface area (Å²) in [5, 5.41) is 18.0. The quantitative estimate of drug-likeness (QED) is 0.492. The van der Waals surface area contributed by atoms with E-state index < -0.39 is 21.0 Å². The molecule has 0 saturated heterocycles. The van der Waals surface area contributed by atoms with Crippen molar-refractivity contribution >= 4 is 10.1 Å². The van der Waals surface area contributed by atoms with Gasteiger partial charge in [0.25, 0.3) is 10.1 Å². The zero-order valence-electron chi connectivity index (χ0n) is 8.47. The number of hydrogen-bond acceptors (Lipinski definition) is 5. The molecule has 0 aromatic heterocycles. The molecule has 1 unspecified atom stereocenters. The van der Waals surface area contributed by atoms with Crippen molar-refractivity contribution in [2.75, 3.05) is 13.7 Å². The smallest absolute Gasteiger partial charge is 0.275 e. The van der Waals surface area contributed by atoms with Crippen LogP contribution in [-0.4, -0.2) is 43.2 Å². The third-order valence-electron chi connectivity index (χ3n) is 2.00. The Morgan fingerprint density at radius 2 is 2.00 bits per heavy atom. The summed E-state index contributed by atoms with van der Waals surface area (Å²) in [6, 6.07) is 0. The highest BCUT2D eigenvalue weighted by Crippen LogP contribution is 2.22. The van der Waals surface area contributed by atoms with Crippen LogP contribution < -0.4 is 0 Å². The van der Waals surface area contributed by atoms with Crippen LogP contribution >= 0.6 is 0 Å². The Labute approximate surface area is 84.1 Å². The maximum absolute atomic E-state index is 11.3. The predicted octanol–water partition coefficient (Wildman–Crippen LogP) is -0.349. The minimum absolute atomic E-state index is 0.250. The monoisotopic (exact) mass is 224 g/mol. The number of hydrogen-bond donors (Lipinski definition) is 2. The fourth-order valence-electron chi connectivity index (χ4n) is 0.784. The molecule has 0 aliphatic heterocycles. The highest BCUT2D eigenvalue weighted by Gasteiger charge is 2.40. The molecule has 5 nitrogen and oxygen atoms in total. The van der Waals surface area contributed by atoms with Crippen LogP contribution in [0, 0.1) is 0 Å². The third-order valence-corrected chi connectivity index (χ3v) is 3.97. The normalized spacial score (nSPS) is 16.1. The molecular weight excluding hydrogens is 208 g/mol. The van der Waals surface area contributed by atoms with E-state index >= 15 is 0 Å². The molecule has 0 aliphatic rings. The van der Waals surface area contributed by atoms with Gasteiger partial charge in [-0.05, 0) is 13.8 Å². The maximum Gasteiger partial charge on any atom is 0.275 e. The summed E-state index contributed by atoms with van der Waals surface area (Å²) in [7, 11) is -2.77. The topological polar surface area (TPSA) is 83.8 Å². The molecule has 0 bridgehead atoms. The molecule has 0 aromatic carbocycles. The van der Waals surface area contributed by atoms with Crippen LogP contribution in [0.3, 0.4) is 0 Å². The Kier molecular flexibility index (Phi) is 4.73. The lowest BCUT2D eigenvalue weighted by Gasteiger charge is -2.26. The van der Waals surface area contributed by atoms with Gasteiger partial charge in [0.1, 0.15) is 4.75 Å². The Hall–Kier alpha value is -0.430. The summed E-state index contributed by atoms with van der Waals surface area (Å²) in [6.07, 6.45) is 1.27. The van der Waals surface area contributed by atoms with Crippen molar-refractivity contribution in [2.45, 2.75) is 24.7 Å². The number of aliphatic hydroxyl groups excluding tert-OH is 2. The fraction of sp³-hybridized carbons (Fsp3) is 0.750. The van der Waals surface area contributed by atoms with Gasteiger partial charge >= 0.3 is 0 Å². The molecule has 0 heterocycles. The number of rotatable bonds is 5. The summed E-state index contributed by atoms with van der Waals surface area (Å²) in [5.74, 6) is 0. The van der Waals surface area contributed by atoms with Crippen molar-refractivity contribution in [2.24, 2.45) is 0 Å². The van der Waals surface area contributed by atoms with Crippen LogP contribution in [0.5, 0.6) is 0 Å². The van der Waals surface area contributed by atoms with E-state index in [1.807, 2.05) is 0 Å². The van der Waals surface area contributed by atoms with Crippen LogP contribution in [0.4, 0.5) is 0 Å². The second-order valence-electron chi connectivity index (χ2n) is 3.28. The van der Waals surface area contributed by atoms with Crippen molar-refractivity contribution in [1.82, 2.24) is 0 Å². The molecule has 2 N–H and O–H groups in total. The highest BCUT2D eigenvalue weighted by molar-refractivity contribution is 7.88. The Morgan fingerprint density at radius 3 is 2.36 bits per heavy atom. The zero-order chi connectivity index (χ0) is 11.4. The van der Waals surface area contributed by atoms with Gasteiger partial charge in [-0.15, -0.1) is 0 Å². The van der Waals surface area contributed by atoms with Gasteiger partial charge in [-0.1, -0.05) is 12.2 Å². The van der Waals surface area contributed by atoms with Gasteiger partial charge in [-0.25, -0.2) is 0 Å². The highest BCUT2D eigenvalue weighted by atomic mass is 32.2. The molecule has 0 aliphatic carbocycles. The first-order chi connectivity index (χ1) is 6.29. The van der Waals surface area contributed by atoms with E-state index in [1.165, 1.54) is 26.0 Å². The first kappa shape index (κ1) is 13.6. The minimum atomic E-state index is -3.81. The molecule has 6 heteroatoms. The minimum Gasteiger partial charge on any atom is -0.392 e. The summed E-state index contributed by atoms with van der Waals surface area (Å²) in [5.41, 5.74) is 0.